The van der Waals surface area contributed by atoms with Gasteiger partial charge in [-0.15, -0.1) is 0 Å². The first-order valence-corrected chi connectivity index (χ1v) is 17.7. The van der Waals surface area contributed by atoms with Crippen LogP contribution >= 0.6 is 0 Å². The Kier molecular flexibility index (Phi) is 31.4. The van der Waals surface area contributed by atoms with E-state index in [-0.39, 0.29) is 30.4 Å². The second-order valence-electron chi connectivity index (χ2n) is 12.5. The van der Waals surface area contributed by atoms with E-state index in [1.165, 1.54) is 32.7 Å². The number of ether oxygens (including phenoxy) is 1. The van der Waals surface area contributed by atoms with Gasteiger partial charge in [0.05, 0.1) is 6.10 Å². The fraction of sp³-hybridized carbons (Fsp3) is 0.657. The average molecular weight is 737 g/mol. The molecule has 0 aliphatic heterocycles. The molecule has 0 aliphatic carbocycles. The quantitative estimate of drug-likeness (QED) is 0.177. The Balaban J connectivity index is 0. The molecule has 2 unspecified atom stereocenters. The molecular formula is C35H68N12O5. The first-order chi connectivity index (χ1) is 24.7. The molecule has 17 nitrogen and oxygen atoms in total. The number of aliphatic hydroxyl groups excluding tert-OH is 1. The largest absolute Gasteiger partial charge is 0.447 e. The highest BCUT2D eigenvalue weighted by Gasteiger charge is 2.06. The molecule has 0 fully saturated rings. The predicted molar refractivity (Wildman–Crippen MR) is 206 cm³/mol. The van der Waals surface area contributed by atoms with Crippen LogP contribution in [0.15, 0.2) is 56.2 Å². The van der Waals surface area contributed by atoms with Gasteiger partial charge in [0, 0.05) is 50.3 Å². The number of hydrogen-bond acceptors (Lipinski definition) is 12. The van der Waals surface area contributed by atoms with E-state index in [1.807, 2.05) is 49.0 Å². The van der Waals surface area contributed by atoms with Gasteiger partial charge in [-0.2, -0.15) is 0 Å². The smallest absolute Gasteiger partial charge is 0.407 e. The Labute approximate surface area is 311 Å². The minimum Gasteiger partial charge on any atom is -0.447 e. The molecule has 3 heterocycles. The van der Waals surface area contributed by atoms with Gasteiger partial charge in [0.2, 0.25) is 0 Å². The highest BCUT2D eigenvalue weighted by molar-refractivity contribution is 5.78. The molecule has 0 saturated heterocycles. The van der Waals surface area contributed by atoms with Crippen molar-refractivity contribution in [2.24, 2.45) is 5.73 Å². The summed E-state index contributed by atoms with van der Waals surface area (Å²) >= 11 is 0. The summed E-state index contributed by atoms with van der Waals surface area (Å²) in [7, 11) is 12.1. The number of aromatic nitrogens is 6. The maximum atomic E-state index is 11.4. The van der Waals surface area contributed by atoms with Crippen LogP contribution in [0, 0.1) is 0 Å². The number of imidazole rings is 3. The monoisotopic (exact) mass is 737 g/mol. The third-order valence-electron chi connectivity index (χ3n) is 6.58. The van der Waals surface area contributed by atoms with E-state index in [9.17, 15) is 14.4 Å². The normalized spacial score (nSPS) is 11.4. The molecule has 17 heteroatoms. The van der Waals surface area contributed by atoms with Gasteiger partial charge in [-0.05, 0) is 114 Å². The number of nitrogens with two attached hydrogens (primary N) is 1. The van der Waals surface area contributed by atoms with Crippen LogP contribution in [-0.4, -0.2) is 160 Å². The molecular weight excluding hydrogens is 668 g/mol. The first-order valence-electron chi connectivity index (χ1n) is 17.7. The fourth-order valence-electron chi connectivity index (χ4n) is 3.24. The summed E-state index contributed by atoms with van der Waals surface area (Å²) in [4.78, 5) is 51.5. The van der Waals surface area contributed by atoms with Crippen LogP contribution in [-0.2, 0) is 4.74 Å². The summed E-state index contributed by atoms with van der Waals surface area (Å²) in [5.74, 6) is 0. The number of nitrogens with one attached hydrogen (secondary N) is 2. The van der Waals surface area contributed by atoms with E-state index in [0.717, 1.165) is 58.3 Å². The van der Waals surface area contributed by atoms with Crippen LogP contribution in [0.25, 0.3) is 0 Å². The topological polar surface area (TPSA) is 194 Å². The number of carbonyl (C=O) groups is 3. The third kappa shape index (κ3) is 30.6. The number of alkyl carbamates (subject to hydrolysis) is 1. The van der Waals surface area contributed by atoms with Crippen LogP contribution in [0.5, 0.6) is 0 Å². The molecule has 3 aromatic rings. The minimum atomic E-state index is -0.307. The van der Waals surface area contributed by atoms with Crippen LogP contribution in [0.4, 0.5) is 14.4 Å². The lowest BCUT2D eigenvalue weighted by Gasteiger charge is -2.12. The standard InChI is InChI=1S/C10H22N2O2.C9H16N4O.C7H6N4O.C5H14N2.C4H10O/c1-5-9(2)14-10(13)11-7-6-8-12(3)4;1-12(2)6-3-4-11-9(14)13-7-5-10-8-13;12-7(10-3-1-8-5-10)11-4-2-9-6-11;1-7(2)5-3-4-6;1-3-4(2)5/h9H,5-8H2,1-4H3,(H,11,13);5,7-8H,3-4,6H2,1-2H3,(H,11,14);1-6H;3-6H2,1-2H3;4-5H,3H2,1-2H3. The van der Waals surface area contributed by atoms with Crippen molar-refractivity contribution in [2.45, 2.75) is 72.0 Å². The van der Waals surface area contributed by atoms with Crippen molar-refractivity contribution in [3.63, 3.8) is 0 Å². The van der Waals surface area contributed by atoms with Gasteiger partial charge in [0.15, 0.2) is 0 Å². The van der Waals surface area contributed by atoms with Crippen molar-refractivity contribution in [3.8, 4) is 0 Å². The molecule has 2 amide bonds. The molecule has 0 aliphatic rings. The minimum absolute atomic E-state index is 0.00356. The van der Waals surface area contributed by atoms with E-state index in [4.69, 9.17) is 15.6 Å². The third-order valence-corrected chi connectivity index (χ3v) is 6.58. The molecule has 0 bridgehead atoms. The summed E-state index contributed by atoms with van der Waals surface area (Å²) < 4.78 is 9.22. The Morgan fingerprint density at radius 2 is 1.12 bits per heavy atom. The molecule has 0 saturated carbocycles. The molecule has 52 heavy (non-hydrogen) atoms. The Bertz CT molecular complexity index is 1180. The van der Waals surface area contributed by atoms with E-state index in [0.29, 0.717) is 13.1 Å². The molecule has 0 aromatic carbocycles. The zero-order valence-corrected chi connectivity index (χ0v) is 33.3. The maximum Gasteiger partial charge on any atom is 0.407 e. The highest BCUT2D eigenvalue weighted by Crippen LogP contribution is 1.96. The van der Waals surface area contributed by atoms with Crippen LogP contribution in [0.1, 0.15) is 59.8 Å². The van der Waals surface area contributed by atoms with Gasteiger partial charge in [0.25, 0.3) is 0 Å². The number of hydrogen-bond donors (Lipinski definition) is 4. The zero-order chi connectivity index (χ0) is 39.7. The van der Waals surface area contributed by atoms with E-state index in [2.05, 4.69) is 54.4 Å². The number of nitrogens with zero attached hydrogens (tertiary/aromatic N) is 9. The summed E-state index contributed by atoms with van der Waals surface area (Å²) in [5, 5.41) is 13.9. The Hall–Kier alpha value is -4.16. The lowest BCUT2D eigenvalue weighted by atomic mass is 10.3. The number of aliphatic hydroxyl groups is 1. The summed E-state index contributed by atoms with van der Waals surface area (Å²) in [5.41, 5.74) is 5.25. The van der Waals surface area contributed by atoms with Crippen LogP contribution < -0.4 is 16.4 Å². The van der Waals surface area contributed by atoms with Crippen LogP contribution in [0.2, 0.25) is 0 Å². The molecule has 0 spiro atoms. The predicted octanol–water partition coefficient (Wildman–Crippen LogP) is 3.13. The van der Waals surface area contributed by atoms with Gasteiger partial charge in [-0.3, -0.25) is 13.7 Å². The van der Waals surface area contributed by atoms with Gasteiger partial charge < -0.3 is 40.9 Å². The highest BCUT2D eigenvalue weighted by atomic mass is 16.6. The summed E-state index contributed by atoms with van der Waals surface area (Å²) in [6.45, 7) is 12.8. The van der Waals surface area contributed by atoms with Gasteiger partial charge in [0.1, 0.15) is 25.1 Å². The van der Waals surface area contributed by atoms with Crippen molar-refractivity contribution in [1.82, 2.24) is 54.0 Å². The number of carbonyl (C=O) groups excluding carboxylic acids is 3. The summed E-state index contributed by atoms with van der Waals surface area (Å²) in [6, 6.07) is -0.314. The zero-order valence-electron chi connectivity index (χ0n) is 33.3. The van der Waals surface area contributed by atoms with E-state index < -0.39 is 0 Å². The number of amides is 2. The summed E-state index contributed by atoms with van der Waals surface area (Å²) in [6.07, 6.45) is 18.2. The molecule has 3 rings (SSSR count). The van der Waals surface area contributed by atoms with Gasteiger partial charge in [-0.1, -0.05) is 13.8 Å². The second-order valence-corrected chi connectivity index (χ2v) is 12.5. The average Bonchev–Trinajstić information content (AvgIpc) is 3.93. The van der Waals surface area contributed by atoms with E-state index in [1.54, 1.807) is 44.1 Å². The molecule has 0 radical (unpaired) electrons. The van der Waals surface area contributed by atoms with Crippen molar-refractivity contribution >= 4 is 18.2 Å². The lowest BCUT2D eigenvalue weighted by Crippen LogP contribution is -2.30. The first kappa shape index (κ1) is 50.0. The van der Waals surface area contributed by atoms with Crippen molar-refractivity contribution in [1.29, 1.82) is 0 Å². The molecule has 3 aromatic heterocycles. The SMILES string of the molecule is CCC(C)O.CCC(C)OC(=O)NCCCN(C)C.CN(C)CCCN.CN(C)CCCNC(=O)n1ccnc1.O=C(n1ccnc1)n1ccnc1. The molecule has 5 N–H and O–H groups in total. The number of rotatable bonds is 14. The molecule has 298 valence electrons. The lowest BCUT2D eigenvalue weighted by molar-refractivity contribution is 0.104. The van der Waals surface area contributed by atoms with Crippen molar-refractivity contribution < 1.29 is 24.2 Å². The van der Waals surface area contributed by atoms with E-state index >= 15 is 0 Å². The molecule has 2 atom stereocenters. The van der Waals surface area contributed by atoms with Crippen molar-refractivity contribution in [3.05, 3.63) is 56.2 Å². The maximum absolute atomic E-state index is 11.4. The van der Waals surface area contributed by atoms with Crippen LogP contribution in [0.3, 0.4) is 0 Å². The van der Waals surface area contributed by atoms with Crippen molar-refractivity contribution in [2.75, 3.05) is 81.6 Å². The Morgan fingerprint density at radius 1 is 0.712 bits per heavy atom. The second kappa shape index (κ2) is 32.7. The van der Waals surface area contributed by atoms with Gasteiger partial charge in [-0.25, -0.2) is 29.3 Å². The fourth-order valence-corrected chi connectivity index (χ4v) is 3.24. The Morgan fingerprint density at radius 3 is 1.44 bits per heavy atom. The van der Waals surface area contributed by atoms with Gasteiger partial charge >= 0.3 is 18.2 Å².